The van der Waals surface area contributed by atoms with E-state index in [1.165, 1.54) is 12.1 Å². The highest BCUT2D eigenvalue weighted by Crippen LogP contribution is 2.21. The zero-order valence-corrected chi connectivity index (χ0v) is 11.7. The lowest BCUT2D eigenvalue weighted by atomic mass is 10.2. The molecule has 0 aliphatic heterocycles. The van der Waals surface area contributed by atoms with Gasteiger partial charge in [-0.15, -0.1) is 12.6 Å². The van der Waals surface area contributed by atoms with Crippen molar-refractivity contribution in [2.75, 3.05) is 0 Å². The monoisotopic (exact) mass is 298 g/mol. The number of carbonyl (C=O) groups is 1. The molecule has 21 heavy (non-hydrogen) atoms. The number of fused-ring (bicyclic) bond motifs is 1. The average molecular weight is 298 g/mol. The highest BCUT2D eigenvalue weighted by atomic mass is 32.1. The lowest BCUT2D eigenvalue weighted by molar-refractivity contribution is 0.0731. The van der Waals surface area contributed by atoms with E-state index < -0.39 is 11.6 Å². The largest absolute Gasteiger partial charge is 0.423 e. The van der Waals surface area contributed by atoms with Crippen molar-refractivity contribution < 1.29 is 13.9 Å². The molecular formula is C16H10O4S. The highest BCUT2D eigenvalue weighted by Gasteiger charge is 2.12. The third kappa shape index (κ3) is 2.83. The van der Waals surface area contributed by atoms with Gasteiger partial charge in [0.1, 0.15) is 11.3 Å². The molecule has 0 fully saturated rings. The summed E-state index contributed by atoms with van der Waals surface area (Å²) in [5.41, 5.74) is 0.286. The Hall–Kier alpha value is -2.53. The smallest absolute Gasteiger partial charge is 0.344 e. The molecule has 104 valence electrons. The average Bonchev–Trinajstić information content (AvgIpc) is 2.47. The topological polar surface area (TPSA) is 56.5 Å². The molecule has 0 spiro atoms. The predicted octanol–water partition coefficient (Wildman–Crippen LogP) is 3.30. The summed E-state index contributed by atoms with van der Waals surface area (Å²) in [5.74, 6) is -0.211. The van der Waals surface area contributed by atoms with Crippen LogP contribution < -0.4 is 10.4 Å². The Morgan fingerprint density at radius 2 is 1.81 bits per heavy atom. The molecule has 0 amide bonds. The van der Waals surface area contributed by atoms with Gasteiger partial charge < -0.3 is 9.15 Å². The Bertz CT molecular complexity index is 883. The molecule has 0 aliphatic carbocycles. The summed E-state index contributed by atoms with van der Waals surface area (Å²) in [6.07, 6.45) is 0. The Balaban J connectivity index is 1.93. The fraction of sp³-hybridized carbons (Fsp3) is 0. The number of carbonyl (C=O) groups excluding carboxylic acids is 1. The fourth-order valence-corrected chi connectivity index (χ4v) is 2.16. The molecule has 0 saturated heterocycles. The van der Waals surface area contributed by atoms with E-state index in [0.29, 0.717) is 21.8 Å². The molecule has 0 saturated carbocycles. The van der Waals surface area contributed by atoms with Crippen molar-refractivity contribution in [1.82, 2.24) is 0 Å². The molecule has 2 aromatic carbocycles. The normalized spacial score (nSPS) is 10.5. The number of benzene rings is 2. The van der Waals surface area contributed by atoms with Crippen molar-refractivity contribution in [2.45, 2.75) is 4.90 Å². The molecule has 5 heteroatoms. The van der Waals surface area contributed by atoms with Gasteiger partial charge in [0, 0.05) is 22.4 Å². The quantitative estimate of drug-likeness (QED) is 0.341. The van der Waals surface area contributed by atoms with Crippen LogP contribution in [0, 0.1) is 0 Å². The number of thiol groups is 1. The molecule has 0 bridgehead atoms. The van der Waals surface area contributed by atoms with Crippen molar-refractivity contribution in [3.05, 3.63) is 70.6 Å². The van der Waals surface area contributed by atoms with Crippen LogP contribution in [0.3, 0.4) is 0 Å². The molecule has 3 aromatic rings. The summed E-state index contributed by atoms with van der Waals surface area (Å²) >= 11 is 4.22. The van der Waals surface area contributed by atoms with Gasteiger partial charge in [-0.2, -0.15) is 0 Å². The molecule has 0 N–H and O–H groups in total. The van der Waals surface area contributed by atoms with E-state index in [1.54, 1.807) is 42.5 Å². The molecule has 1 aromatic heterocycles. The lowest BCUT2D eigenvalue weighted by Gasteiger charge is -2.06. The maximum Gasteiger partial charge on any atom is 0.344 e. The highest BCUT2D eigenvalue weighted by molar-refractivity contribution is 7.80. The van der Waals surface area contributed by atoms with Gasteiger partial charge in [0.25, 0.3) is 0 Å². The number of ether oxygens (including phenoxy) is 1. The van der Waals surface area contributed by atoms with Crippen LogP contribution in [0.25, 0.3) is 11.0 Å². The van der Waals surface area contributed by atoms with Crippen molar-refractivity contribution in [3.8, 4) is 5.75 Å². The summed E-state index contributed by atoms with van der Waals surface area (Å²) in [6, 6.07) is 14.7. The van der Waals surface area contributed by atoms with Gasteiger partial charge in [0.05, 0.1) is 5.56 Å². The van der Waals surface area contributed by atoms with E-state index in [9.17, 15) is 9.59 Å². The summed E-state index contributed by atoms with van der Waals surface area (Å²) in [4.78, 5) is 23.8. The van der Waals surface area contributed by atoms with Crippen LogP contribution >= 0.6 is 12.6 Å². The summed E-state index contributed by atoms with van der Waals surface area (Å²) < 4.78 is 10.3. The summed E-state index contributed by atoms with van der Waals surface area (Å²) in [6.45, 7) is 0. The zero-order valence-electron chi connectivity index (χ0n) is 10.8. The summed E-state index contributed by atoms with van der Waals surface area (Å²) in [5, 5.41) is 0.754. The minimum absolute atomic E-state index is 0.304. The minimum Gasteiger partial charge on any atom is -0.423 e. The van der Waals surface area contributed by atoms with Crippen LogP contribution in [0.2, 0.25) is 0 Å². The van der Waals surface area contributed by atoms with Gasteiger partial charge in [-0.25, -0.2) is 9.59 Å². The van der Waals surface area contributed by atoms with Gasteiger partial charge in [-0.1, -0.05) is 12.1 Å². The maximum absolute atomic E-state index is 12.1. The second kappa shape index (κ2) is 5.46. The molecular weight excluding hydrogens is 288 g/mol. The Morgan fingerprint density at radius 1 is 1.05 bits per heavy atom. The first-order valence-corrected chi connectivity index (χ1v) is 6.62. The van der Waals surface area contributed by atoms with Crippen LogP contribution in [0.1, 0.15) is 10.4 Å². The number of hydrogen-bond donors (Lipinski definition) is 1. The molecule has 0 radical (unpaired) electrons. The van der Waals surface area contributed by atoms with Crippen LogP contribution in [0.4, 0.5) is 0 Å². The molecule has 0 unspecified atom stereocenters. The van der Waals surface area contributed by atoms with E-state index in [0.717, 1.165) is 5.39 Å². The first-order chi connectivity index (χ1) is 10.1. The van der Waals surface area contributed by atoms with Gasteiger partial charge in [0.2, 0.25) is 0 Å². The number of hydrogen-bond acceptors (Lipinski definition) is 5. The van der Waals surface area contributed by atoms with Gasteiger partial charge in [0.15, 0.2) is 0 Å². The van der Waals surface area contributed by atoms with Crippen molar-refractivity contribution in [2.24, 2.45) is 0 Å². The summed E-state index contributed by atoms with van der Waals surface area (Å²) in [7, 11) is 0. The Kier molecular flexibility index (Phi) is 3.50. The van der Waals surface area contributed by atoms with Crippen LogP contribution in [-0.2, 0) is 0 Å². The van der Waals surface area contributed by atoms with Crippen LogP contribution in [0.15, 0.2) is 68.7 Å². The van der Waals surface area contributed by atoms with E-state index in [-0.39, 0.29) is 0 Å². The Morgan fingerprint density at radius 3 is 2.62 bits per heavy atom. The molecule has 1 heterocycles. The minimum atomic E-state index is -0.516. The molecule has 0 aliphatic rings. The van der Waals surface area contributed by atoms with Gasteiger partial charge in [-0.05, 0) is 30.3 Å². The number of esters is 1. The van der Waals surface area contributed by atoms with Gasteiger partial charge in [-0.3, -0.25) is 0 Å². The predicted molar refractivity (Wildman–Crippen MR) is 81.1 cm³/mol. The first-order valence-electron chi connectivity index (χ1n) is 6.17. The van der Waals surface area contributed by atoms with Crippen molar-refractivity contribution >= 4 is 29.6 Å². The molecule has 3 rings (SSSR count). The van der Waals surface area contributed by atoms with E-state index in [4.69, 9.17) is 9.15 Å². The second-order valence-electron chi connectivity index (χ2n) is 4.36. The lowest BCUT2D eigenvalue weighted by Crippen LogP contribution is -2.09. The molecule has 4 nitrogen and oxygen atoms in total. The van der Waals surface area contributed by atoms with E-state index in [2.05, 4.69) is 12.6 Å². The van der Waals surface area contributed by atoms with Crippen molar-refractivity contribution in [1.29, 1.82) is 0 Å². The van der Waals surface area contributed by atoms with Crippen molar-refractivity contribution in [3.63, 3.8) is 0 Å². The fourth-order valence-electron chi connectivity index (χ4n) is 1.91. The SMILES string of the molecule is O=C(Oc1ccc2ccc(=O)oc2c1)c1ccccc1S. The van der Waals surface area contributed by atoms with Crippen LogP contribution in [-0.4, -0.2) is 5.97 Å². The third-order valence-corrected chi connectivity index (χ3v) is 3.32. The standard InChI is InChI=1S/C16H10O4S/c17-15-8-6-10-5-7-11(9-13(10)20-15)19-16(18)12-3-1-2-4-14(12)21/h1-9,21H. The first kappa shape index (κ1) is 13.5. The second-order valence-corrected chi connectivity index (χ2v) is 4.84. The van der Waals surface area contributed by atoms with E-state index >= 15 is 0 Å². The van der Waals surface area contributed by atoms with E-state index in [1.807, 2.05) is 0 Å². The maximum atomic E-state index is 12.1. The third-order valence-electron chi connectivity index (χ3n) is 2.93. The number of rotatable bonds is 2. The molecule has 0 atom stereocenters. The Labute approximate surface area is 125 Å². The van der Waals surface area contributed by atoms with Gasteiger partial charge >= 0.3 is 11.6 Å². The van der Waals surface area contributed by atoms with Crippen LogP contribution in [0.5, 0.6) is 5.75 Å². The zero-order chi connectivity index (χ0) is 14.8.